The van der Waals surface area contributed by atoms with Crippen molar-refractivity contribution in [3.05, 3.63) is 76.5 Å². The number of benzene rings is 1. The van der Waals surface area contributed by atoms with Crippen LogP contribution in [-0.2, 0) is 13.0 Å². The number of nitrogens with one attached hydrogen (secondary N) is 3. The average molecular weight is 444 g/mol. The Bertz CT molecular complexity index is 1240. The number of H-pyrrole nitrogens is 1. The molecule has 162 valence electrons. The minimum atomic E-state index is -0.0596. The number of carbonyl (C=O) groups excluding carboxylic acids is 1. The number of aromatic amines is 1. The number of fused-ring (bicyclic) bond motifs is 1. The van der Waals surface area contributed by atoms with Gasteiger partial charge in [-0.15, -0.1) is 11.3 Å². The first kappa shape index (κ1) is 20.5. The third-order valence-electron chi connectivity index (χ3n) is 5.67. The summed E-state index contributed by atoms with van der Waals surface area (Å²) in [6.07, 6.45) is 5.02. The smallest absolute Gasteiger partial charge is 0.167 e. The van der Waals surface area contributed by atoms with Crippen LogP contribution in [0.2, 0.25) is 0 Å². The number of carbonyl (C=O) groups is 1. The number of pyridine rings is 1. The SMILES string of the molecule is CC1(C)CC(=O)c2c([nH]c(-c3ccnc(NCc4cncs4)c3)c2Nc2ccccc2)C1. The van der Waals surface area contributed by atoms with E-state index in [4.69, 9.17) is 0 Å². The quantitative estimate of drug-likeness (QED) is 0.338. The van der Waals surface area contributed by atoms with Crippen molar-refractivity contribution >= 4 is 34.3 Å². The Morgan fingerprint density at radius 2 is 2.00 bits per heavy atom. The van der Waals surface area contributed by atoms with Crippen LogP contribution in [-0.4, -0.2) is 20.7 Å². The summed E-state index contributed by atoms with van der Waals surface area (Å²) in [5, 5.41) is 6.88. The number of ketones is 1. The largest absolute Gasteiger partial charge is 0.365 e. The maximum atomic E-state index is 13.2. The summed E-state index contributed by atoms with van der Waals surface area (Å²) in [7, 11) is 0. The molecule has 3 heterocycles. The molecule has 0 amide bonds. The predicted molar refractivity (Wildman–Crippen MR) is 130 cm³/mol. The Labute approximate surface area is 191 Å². The van der Waals surface area contributed by atoms with Gasteiger partial charge in [0.25, 0.3) is 0 Å². The van der Waals surface area contributed by atoms with Crippen LogP contribution in [0.5, 0.6) is 0 Å². The number of rotatable bonds is 6. The van der Waals surface area contributed by atoms with Crippen molar-refractivity contribution in [3.8, 4) is 11.3 Å². The number of para-hydroxylation sites is 1. The van der Waals surface area contributed by atoms with Crippen LogP contribution in [0.25, 0.3) is 11.3 Å². The molecule has 1 aromatic carbocycles. The Balaban J connectivity index is 1.54. The van der Waals surface area contributed by atoms with E-state index in [-0.39, 0.29) is 11.2 Å². The molecule has 7 heteroatoms. The molecule has 0 atom stereocenters. The monoisotopic (exact) mass is 443 g/mol. The van der Waals surface area contributed by atoms with Crippen molar-refractivity contribution in [2.24, 2.45) is 5.41 Å². The zero-order valence-corrected chi connectivity index (χ0v) is 18.9. The Hall–Kier alpha value is -3.45. The van der Waals surface area contributed by atoms with E-state index in [9.17, 15) is 4.79 Å². The molecule has 0 bridgehead atoms. The van der Waals surface area contributed by atoms with E-state index in [1.54, 1.807) is 17.5 Å². The number of nitrogens with zero attached hydrogens (tertiary/aromatic N) is 2. The lowest BCUT2D eigenvalue weighted by molar-refractivity contribution is 0.0912. The molecule has 3 aromatic heterocycles. The molecule has 32 heavy (non-hydrogen) atoms. The van der Waals surface area contributed by atoms with E-state index in [1.807, 2.05) is 54.2 Å². The van der Waals surface area contributed by atoms with Gasteiger partial charge < -0.3 is 15.6 Å². The summed E-state index contributed by atoms with van der Waals surface area (Å²) in [6.45, 7) is 4.96. The van der Waals surface area contributed by atoms with E-state index in [2.05, 4.69) is 39.4 Å². The van der Waals surface area contributed by atoms with Crippen molar-refractivity contribution in [1.29, 1.82) is 0 Å². The van der Waals surface area contributed by atoms with Gasteiger partial charge in [-0.2, -0.15) is 0 Å². The number of Topliss-reactive ketones (excluding diaryl/α,β-unsaturated/α-hetero) is 1. The summed E-state index contributed by atoms with van der Waals surface area (Å²) < 4.78 is 0. The van der Waals surface area contributed by atoms with Gasteiger partial charge in [0.15, 0.2) is 5.78 Å². The molecular weight excluding hydrogens is 418 g/mol. The van der Waals surface area contributed by atoms with E-state index in [0.717, 1.165) is 51.0 Å². The van der Waals surface area contributed by atoms with Crippen LogP contribution < -0.4 is 10.6 Å². The Morgan fingerprint density at radius 1 is 1.16 bits per heavy atom. The van der Waals surface area contributed by atoms with Crippen molar-refractivity contribution < 1.29 is 4.79 Å². The van der Waals surface area contributed by atoms with Gasteiger partial charge in [0.05, 0.1) is 29.0 Å². The highest BCUT2D eigenvalue weighted by atomic mass is 32.1. The lowest BCUT2D eigenvalue weighted by Crippen LogP contribution is -2.26. The molecule has 0 fully saturated rings. The molecular formula is C25H25N5OS. The normalized spacial score (nSPS) is 14.8. The zero-order chi connectivity index (χ0) is 22.1. The number of hydrogen-bond acceptors (Lipinski definition) is 6. The van der Waals surface area contributed by atoms with E-state index < -0.39 is 0 Å². The Kier molecular flexibility index (Phi) is 5.27. The fourth-order valence-electron chi connectivity index (χ4n) is 4.25. The van der Waals surface area contributed by atoms with Crippen LogP contribution in [0, 0.1) is 5.41 Å². The van der Waals surface area contributed by atoms with Gasteiger partial charge in [-0.3, -0.25) is 9.78 Å². The topological polar surface area (TPSA) is 82.7 Å². The minimum absolute atomic E-state index is 0.0596. The van der Waals surface area contributed by atoms with Crippen LogP contribution >= 0.6 is 11.3 Å². The van der Waals surface area contributed by atoms with E-state index >= 15 is 0 Å². The predicted octanol–water partition coefficient (Wildman–Crippen LogP) is 6.04. The Morgan fingerprint density at radius 3 is 2.78 bits per heavy atom. The molecule has 5 rings (SSSR count). The first-order valence-electron chi connectivity index (χ1n) is 10.7. The molecule has 3 N–H and O–H groups in total. The molecule has 1 aliphatic rings. The minimum Gasteiger partial charge on any atom is -0.365 e. The molecule has 6 nitrogen and oxygen atoms in total. The van der Waals surface area contributed by atoms with Crippen molar-refractivity contribution in [2.75, 3.05) is 10.6 Å². The number of anilines is 3. The van der Waals surface area contributed by atoms with Gasteiger partial charge in [0, 0.05) is 40.6 Å². The summed E-state index contributed by atoms with van der Waals surface area (Å²) in [6, 6.07) is 14.0. The molecule has 4 aromatic rings. The van der Waals surface area contributed by atoms with Gasteiger partial charge in [0.2, 0.25) is 0 Å². The van der Waals surface area contributed by atoms with Gasteiger partial charge in [-0.1, -0.05) is 32.0 Å². The molecule has 0 saturated carbocycles. The summed E-state index contributed by atoms with van der Waals surface area (Å²) in [5.41, 5.74) is 7.21. The fourth-order valence-corrected chi connectivity index (χ4v) is 4.79. The van der Waals surface area contributed by atoms with Crippen LogP contribution in [0.3, 0.4) is 0 Å². The zero-order valence-electron chi connectivity index (χ0n) is 18.1. The molecule has 0 spiro atoms. The highest BCUT2D eigenvalue weighted by Crippen LogP contribution is 2.43. The number of aromatic nitrogens is 3. The highest BCUT2D eigenvalue weighted by molar-refractivity contribution is 7.09. The number of thiazole rings is 1. The maximum Gasteiger partial charge on any atom is 0.167 e. The van der Waals surface area contributed by atoms with Gasteiger partial charge in [-0.05, 0) is 36.1 Å². The molecule has 0 radical (unpaired) electrons. The molecule has 1 aliphatic carbocycles. The van der Waals surface area contributed by atoms with Gasteiger partial charge in [-0.25, -0.2) is 4.98 Å². The van der Waals surface area contributed by atoms with Crippen LogP contribution in [0.15, 0.2) is 60.4 Å². The van der Waals surface area contributed by atoms with Gasteiger partial charge in [0.1, 0.15) is 5.82 Å². The van der Waals surface area contributed by atoms with Crippen molar-refractivity contribution in [1.82, 2.24) is 15.0 Å². The fraction of sp³-hybridized carbons (Fsp3) is 0.240. The second-order valence-corrected chi connectivity index (χ2v) is 9.88. The van der Waals surface area contributed by atoms with Crippen molar-refractivity contribution in [2.45, 2.75) is 33.2 Å². The lowest BCUT2D eigenvalue weighted by Gasteiger charge is -2.28. The highest BCUT2D eigenvalue weighted by Gasteiger charge is 2.35. The van der Waals surface area contributed by atoms with E-state index in [1.165, 1.54) is 0 Å². The van der Waals surface area contributed by atoms with Crippen LogP contribution in [0.4, 0.5) is 17.2 Å². The molecule has 0 saturated heterocycles. The second-order valence-electron chi connectivity index (χ2n) is 8.91. The third kappa shape index (κ3) is 4.16. The van der Waals surface area contributed by atoms with E-state index in [0.29, 0.717) is 13.0 Å². The molecule has 0 aliphatic heterocycles. The van der Waals surface area contributed by atoms with Crippen molar-refractivity contribution in [3.63, 3.8) is 0 Å². The summed E-state index contributed by atoms with van der Waals surface area (Å²) in [4.78, 5) is 26.5. The third-order valence-corrected chi connectivity index (χ3v) is 6.45. The summed E-state index contributed by atoms with van der Waals surface area (Å²) >= 11 is 1.61. The lowest BCUT2D eigenvalue weighted by atomic mass is 9.76. The van der Waals surface area contributed by atoms with Crippen LogP contribution in [0.1, 0.15) is 41.2 Å². The standard InChI is InChI=1S/C25H25N5OS/c1-25(2)11-19-22(20(31)12-25)24(29-17-6-4-3-5-7-17)23(30-19)16-8-9-27-21(10-16)28-14-18-13-26-15-32-18/h3-10,13,15,29-30H,11-12,14H2,1-2H3,(H,27,28). The molecule has 0 unspecified atom stereocenters. The van der Waals surface area contributed by atoms with Gasteiger partial charge >= 0.3 is 0 Å². The second kappa shape index (κ2) is 8.24. The summed E-state index contributed by atoms with van der Waals surface area (Å²) in [5.74, 6) is 0.954. The maximum absolute atomic E-state index is 13.2. The first-order valence-corrected chi connectivity index (χ1v) is 11.5. The number of hydrogen-bond donors (Lipinski definition) is 3. The average Bonchev–Trinajstić information content (AvgIpc) is 3.41. The first-order chi connectivity index (χ1) is 15.5.